The van der Waals surface area contributed by atoms with Crippen LogP contribution in [0.1, 0.15) is 24.5 Å². The van der Waals surface area contributed by atoms with Crippen molar-refractivity contribution < 1.29 is 5.11 Å². The molecular formula is C17H20ClNO. The smallest absolute Gasteiger partial charge is 0.138 e. The summed E-state index contributed by atoms with van der Waals surface area (Å²) in [4.78, 5) is 0. The van der Waals surface area contributed by atoms with Gasteiger partial charge in [0.2, 0.25) is 0 Å². The third-order valence-electron chi connectivity index (χ3n) is 3.42. The van der Waals surface area contributed by atoms with Crippen LogP contribution in [-0.4, -0.2) is 11.1 Å². The normalized spacial score (nSPS) is 12.3. The largest absolute Gasteiger partial charge is 0.506 e. The van der Waals surface area contributed by atoms with Crippen LogP contribution < -0.4 is 5.32 Å². The first-order valence-electron chi connectivity index (χ1n) is 6.90. The van der Waals surface area contributed by atoms with Crippen LogP contribution in [0.15, 0.2) is 48.5 Å². The number of para-hydroxylation sites is 1. The number of hydrogen-bond acceptors (Lipinski definition) is 2. The van der Waals surface area contributed by atoms with E-state index >= 15 is 0 Å². The first kappa shape index (κ1) is 14.9. The highest BCUT2D eigenvalue weighted by Crippen LogP contribution is 2.26. The molecule has 2 aromatic carbocycles. The maximum Gasteiger partial charge on any atom is 0.138 e. The van der Waals surface area contributed by atoms with Crippen LogP contribution in [-0.2, 0) is 13.0 Å². The summed E-state index contributed by atoms with van der Waals surface area (Å²) >= 11 is 5.89. The van der Waals surface area contributed by atoms with Gasteiger partial charge in [0, 0.05) is 18.2 Å². The van der Waals surface area contributed by atoms with Gasteiger partial charge in [-0.2, -0.15) is 0 Å². The molecule has 2 rings (SSSR count). The van der Waals surface area contributed by atoms with E-state index in [4.69, 9.17) is 11.6 Å². The Labute approximate surface area is 125 Å². The summed E-state index contributed by atoms with van der Waals surface area (Å²) in [6, 6.07) is 16.3. The minimum Gasteiger partial charge on any atom is -0.506 e. The molecule has 0 aromatic heterocycles. The predicted octanol–water partition coefficient (Wildman–Crippen LogP) is 4.16. The number of halogens is 1. The van der Waals surface area contributed by atoms with E-state index in [-0.39, 0.29) is 5.75 Å². The van der Waals surface area contributed by atoms with Crippen molar-refractivity contribution in [2.45, 2.75) is 32.4 Å². The molecule has 0 fully saturated rings. The van der Waals surface area contributed by atoms with Crippen molar-refractivity contribution in [2.24, 2.45) is 0 Å². The van der Waals surface area contributed by atoms with Crippen LogP contribution in [0.3, 0.4) is 0 Å². The van der Waals surface area contributed by atoms with Crippen molar-refractivity contribution in [1.82, 2.24) is 5.32 Å². The maximum atomic E-state index is 9.85. The molecule has 0 radical (unpaired) electrons. The molecule has 0 heterocycles. The number of aryl methyl sites for hydroxylation is 1. The van der Waals surface area contributed by atoms with Gasteiger partial charge >= 0.3 is 0 Å². The summed E-state index contributed by atoms with van der Waals surface area (Å²) in [5.41, 5.74) is 2.19. The zero-order chi connectivity index (χ0) is 14.4. The monoisotopic (exact) mass is 289 g/mol. The van der Waals surface area contributed by atoms with Crippen LogP contribution in [0.25, 0.3) is 0 Å². The van der Waals surface area contributed by atoms with E-state index < -0.39 is 0 Å². The lowest BCUT2D eigenvalue weighted by Crippen LogP contribution is -2.26. The van der Waals surface area contributed by atoms with E-state index in [2.05, 4.69) is 36.5 Å². The lowest BCUT2D eigenvalue weighted by molar-refractivity contribution is 0.455. The fraction of sp³-hybridized carbons (Fsp3) is 0.294. The Kier molecular flexibility index (Phi) is 5.45. The molecule has 1 unspecified atom stereocenters. The quantitative estimate of drug-likeness (QED) is 0.837. The van der Waals surface area contributed by atoms with Gasteiger partial charge in [-0.05, 0) is 31.4 Å². The van der Waals surface area contributed by atoms with Crippen LogP contribution in [0, 0.1) is 0 Å². The lowest BCUT2D eigenvalue weighted by atomic mass is 10.1. The Morgan fingerprint density at radius 1 is 1.10 bits per heavy atom. The van der Waals surface area contributed by atoms with Gasteiger partial charge in [-0.1, -0.05) is 54.1 Å². The molecule has 20 heavy (non-hydrogen) atoms. The number of aromatic hydroxyl groups is 1. The van der Waals surface area contributed by atoms with Crippen molar-refractivity contribution in [1.29, 1.82) is 0 Å². The molecule has 0 bridgehead atoms. The molecule has 2 aromatic rings. The van der Waals surface area contributed by atoms with E-state index in [1.54, 1.807) is 6.07 Å². The molecule has 2 nitrogen and oxygen atoms in total. The molecule has 2 N–H and O–H groups in total. The van der Waals surface area contributed by atoms with Crippen LogP contribution in [0.5, 0.6) is 5.75 Å². The van der Waals surface area contributed by atoms with Gasteiger partial charge in [-0.3, -0.25) is 0 Å². The molecule has 0 aliphatic rings. The highest BCUT2D eigenvalue weighted by molar-refractivity contribution is 6.32. The summed E-state index contributed by atoms with van der Waals surface area (Å²) in [7, 11) is 0. The number of rotatable bonds is 6. The van der Waals surface area contributed by atoms with E-state index in [0.717, 1.165) is 18.4 Å². The Bertz CT molecular complexity index is 542. The topological polar surface area (TPSA) is 32.3 Å². The summed E-state index contributed by atoms with van der Waals surface area (Å²) < 4.78 is 0. The fourth-order valence-corrected chi connectivity index (χ4v) is 2.31. The van der Waals surface area contributed by atoms with Crippen LogP contribution in [0.2, 0.25) is 5.02 Å². The van der Waals surface area contributed by atoms with Gasteiger partial charge in [-0.15, -0.1) is 0 Å². The second-order valence-corrected chi connectivity index (χ2v) is 5.46. The standard InChI is InChI=1S/C17H20ClNO/c1-13(10-11-14-6-3-2-4-7-14)19-12-15-8-5-9-16(18)17(15)20/h2-9,13,19-20H,10-12H2,1H3. The summed E-state index contributed by atoms with van der Waals surface area (Å²) in [5.74, 6) is 0.178. The molecule has 0 spiro atoms. The molecule has 0 aliphatic heterocycles. The second-order valence-electron chi connectivity index (χ2n) is 5.05. The Morgan fingerprint density at radius 3 is 2.60 bits per heavy atom. The molecule has 0 aliphatic carbocycles. The maximum absolute atomic E-state index is 9.85. The van der Waals surface area contributed by atoms with Crippen molar-refractivity contribution in [2.75, 3.05) is 0 Å². The van der Waals surface area contributed by atoms with E-state index in [9.17, 15) is 5.11 Å². The van der Waals surface area contributed by atoms with Crippen molar-refractivity contribution in [3.63, 3.8) is 0 Å². The molecule has 0 saturated heterocycles. The van der Waals surface area contributed by atoms with Gasteiger partial charge in [0.05, 0.1) is 5.02 Å². The molecule has 0 saturated carbocycles. The van der Waals surface area contributed by atoms with E-state index in [1.165, 1.54) is 5.56 Å². The highest BCUT2D eigenvalue weighted by Gasteiger charge is 2.07. The Morgan fingerprint density at radius 2 is 1.85 bits per heavy atom. The van der Waals surface area contributed by atoms with Crippen molar-refractivity contribution in [3.05, 3.63) is 64.7 Å². The van der Waals surface area contributed by atoms with Gasteiger partial charge in [0.25, 0.3) is 0 Å². The van der Waals surface area contributed by atoms with Gasteiger partial charge in [0.1, 0.15) is 5.75 Å². The van der Waals surface area contributed by atoms with Crippen LogP contribution >= 0.6 is 11.6 Å². The first-order chi connectivity index (χ1) is 9.66. The predicted molar refractivity (Wildman–Crippen MR) is 84.2 cm³/mol. The minimum atomic E-state index is 0.178. The zero-order valence-electron chi connectivity index (χ0n) is 11.6. The second kappa shape index (κ2) is 7.32. The third-order valence-corrected chi connectivity index (χ3v) is 3.73. The number of hydrogen-bond donors (Lipinski definition) is 2. The van der Waals surface area contributed by atoms with Gasteiger partial charge in [0.15, 0.2) is 0 Å². The lowest BCUT2D eigenvalue weighted by Gasteiger charge is -2.14. The van der Waals surface area contributed by atoms with Crippen molar-refractivity contribution in [3.8, 4) is 5.75 Å². The van der Waals surface area contributed by atoms with Gasteiger partial charge in [-0.25, -0.2) is 0 Å². The Hall–Kier alpha value is -1.51. The number of benzene rings is 2. The van der Waals surface area contributed by atoms with E-state index in [1.807, 2.05) is 18.2 Å². The molecule has 3 heteroatoms. The first-order valence-corrected chi connectivity index (χ1v) is 7.28. The SMILES string of the molecule is CC(CCc1ccccc1)NCc1cccc(Cl)c1O. The number of phenolic OH excluding ortho intramolecular Hbond substituents is 1. The minimum absolute atomic E-state index is 0.178. The van der Waals surface area contributed by atoms with E-state index in [0.29, 0.717) is 17.6 Å². The number of nitrogens with one attached hydrogen (secondary N) is 1. The van der Waals surface area contributed by atoms with Crippen molar-refractivity contribution >= 4 is 11.6 Å². The Balaban J connectivity index is 1.80. The molecule has 106 valence electrons. The molecular weight excluding hydrogens is 270 g/mol. The summed E-state index contributed by atoms with van der Waals surface area (Å²) in [5, 5.41) is 13.7. The van der Waals surface area contributed by atoms with Gasteiger partial charge < -0.3 is 10.4 Å². The zero-order valence-corrected chi connectivity index (χ0v) is 12.4. The summed E-state index contributed by atoms with van der Waals surface area (Å²) in [6.45, 7) is 2.78. The fourth-order valence-electron chi connectivity index (χ4n) is 2.12. The average molecular weight is 290 g/mol. The highest BCUT2D eigenvalue weighted by atomic mass is 35.5. The molecule has 0 amide bonds. The van der Waals surface area contributed by atoms with Crippen LogP contribution in [0.4, 0.5) is 0 Å². The average Bonchev–Trinajstić information content (AvgIpc) is 2.48. The third kappa shape index (κ3) is 4.26. The molecule has 1 atom stereocenters. The number of phenols is 1. The summed E-state index contributed by atoms with van der Waals surface area (Å²) in [6.07, 6.45) is 2.11.